The monoisotopic (exact) mass is 155 g/mol. The van der Waals surface area contributed by atoms with Gasteiger partial charge in [0.1, 0.15) is 0 Å². The predicted octanol–water partition coefficient (Wildman–Crippen LogP) is 1.66. The first-order chi connectivity index (χ1) is 5.33. The smallest absolute Gasteiger partial charge is 0.0610 e. The standard InChI is InChI=1S/C9H17NO/c1-8-4-5-9(11-7-8)3-2-6-10/h2,6,8-9H,3-5,7,10H2,1H3/b6-2-. The van der Waals surface area contributed by atoms with Gasteiger partial charge < -0.3 is 10.5 Å². The molecule has 0 aromatic carbocycles. The van der Waals surface area contributed by atoms with E-state index in [0.29, 0.717) is 6.10 Å². The molecule has 1 fully saturated rings. The highest BCUT2D eigenvalue weighted by molar-refractivity contribution is 4.81. The SMILES string of the molecule is CC1CCC(C/C=C\N)OC1. The minimum atomic E-state index is 0.422. The van der Waals surface area contributed by atoms with E-state index >= 15 is 0 Å². The van der Waals surface area contributed by atoms with Crippen molar-refractivity contribution in [3.63, 3.8) is 0 Å². The number of hydrogen-bond acceptors (Lipinski definition) is 2. The summed E-state index contributed by atoms with van der Waals surface area (Å²) >= 11 is 0. The molecule has 0 aromatic rings. The van der Waals surface area contributed by atoms with Crippen LogP contribution in [0.5, 0.6) is 0 Å². The van der Waals surface area contributed by atoms with E-state index in [9.17, 15) is 0 Å². The van der Waals surface area contributed by atoms with Gasteiger partial charge in [0.15, 0.2) is 0 Å². The van der Waals surface area contributed by atoms with Gasteiger partial charge in [0.2, 0.25) is 0 Å². The predicted molar refractivity (Wildman–Crippen MR) is 46.1 cm³/mol. The average molecular weight is 155 g/mol. The second-order valence-electron chi connectivity index (χ2n) is 3.30. The van der Waals surface area contributed by atoms with Gasteiger partial charge in [-0.05, 0) is 31.4 Å². The van der Waals surface area contributed by atoms with Crippen molar-refractivity contribution in [2.45, 2.75) is 32.3 Å². The van der Waals surface area contributed by atoms with E-state index in [1.165, 1.54) is 12.8 Å². The molecular formula is C9H17NO. The van der Waals surface area contributed by atoms with E-state index in [0.717, 1.165) is 18.9 Å². The van der Waals surface area contributed by atoms with Crippen LogP contribution in [0.4, 0.5) is 0 Å². The van der Waals surface area contributed by atoms with Crippen LogP contribution in [-0.4, -0.2) is 12.7 Å². The van der Waals surface area contributed by atoms with Gasteiger partial charge in [-0.1, -0.05) is 13.0 Å². The van der Waals surface area contributed by atoms with Crippen LogP contribution < -0.4 is 5.73 Å². The quantitative estimate of drug-likeness (QED) is 0.658. The van der Waals surface area contributed by atoms with Crippen molar-refractivity contribution in [1.82, 2.24) is 0 Å². The van der Waals surface area contributed by atoms with Gasteiger partial charge in [-0.15, -0.1) is 0 Å². The van der Waals surface area contributed by atoms with Crippen LogP contribution in [0.2, 0.25) is 0 Å². The third-order valence-corrected chi connectivity index (χ3v) is 2.13. The first kappa shape index (κ1) is 8.60. The second kappa shape index (κ2) is 4.39. The van der Waals surface area contributed by atoms with E-state index < -0.39 is 0 Å². The largest absolute Gasteiger partial charge is 0.405 e. The zero-order valence-corrected chi connectivity index (χ0v) is 7.12. The summed E-state index contributed by atoms with van der Waals surface area (Å²) in [6.45, 7) is 3.15. The molecule has 2 heteroatoms. The lowest BCUT2D eigenvalue weighted by molar-refractivity contribution is -0.00868. The van der Waals surface area contributed by atoms with Crippen LogP contribution in [0, 0.1) is 5.92 Å². The molecular weight excluding hydrogens is 138 g/mol. The Morgan fingerprint density at radius 1 is 1.55 bits per heavy atom. The summed E-state index contributed by atoms with van der Waals surface area (Å²) in [4.78, 5) is 0. The topological polar surface area (TPSA) is 35.2 Å². The molecule has 0 bridgehead atoms. The van der Waals surface area contributed by atoms with E-state index in [-0.39, 0.29) is 0 Å². The Morgan fingerprint density at radius 2 is 2.36 bits per heavy atom. The highest BCUT2D eigenvalue weighted by Crippen LogP contribution is 2.20. The van der Waals surface area contributed by atoms with Gasteiger partial charge in [-0.2, -0.15) is 0 Å². The second-order valence-corrected chi connectivity index (χ2v) is 3.30. The van der Waals surface area contributed by atoms with Crippen molar-refractivity contribution in [3.05, 3.63) is 12.3 Å². The van der Waals surface area contributed by atoms with Crippen LogP contribution in [0.1, 0.15) is 26.2 Å². The number of hydrogen-bond donors (Lipinski definition) is 1. The molecule has 2 N–H and O–H groups in total. The van der Waals surface area contributed by atoms with Crippen molar-refractivity contribution in [2.24, 2.45) is 11.7 Å². The summed E-state index contributed by atoms with van der Waals surface area (Å²) in [7, 11) is 0. The van der Waals surface area contributed by atoms with Crippen LogP contribution in [0.25, 0.3) is 0 Å². The zero-order chi connectivity index (χ0) is 8.10. The van der Waals surface area contributed by atoms with Crippen LogP contribution in [0.3, 0.4) is 0 Å². The summed E-state index contributed by atoms with van der Waals surface area (Å²) in [5, 5.41) is 0. The molecule has 1 heterocycles. The van der Waals surface area contributed by atoms with Gasteiger partial charge in [0.05, 0.1) is 6.10 Å². The maximum atomic E-state index is 5.59. The number of rotatable bonds is 2. The lowest BCUT2D eigenvalue weighted by atomic mass is 9.99. The first-order valence-corrected chi connectivity index (χ1v) is 4.31. The Kier molecular flexibility index (Phi) is 3.43. The molecule has 1 aliphatic rings. The molecule has 1 aliphatic heterocycles. The lowest BCUT2D eigenvalue weighted by Gasteiger charge is -2.25. The minimum Gasteiger partial charge on any atom is -0.405 e. The molecule has 11 heavy (non-hydrogen) atoms. The summed E-state index contributed by atoms with van der Waals surface area (Å²) < 4.78 is 5.59. The fourth-order valence-corrected chi connectivity index (χ4v) is 1.35. The molecule has 2 atom stereocenters. The summed E-state index contributed by atoms with van der Waals surface area (Å²) in [5.41, 5.74) is 5.24. The number of ether oxygens (including phenoxy) is 1. The highest BCUT2D eigenvalue weighted by Gasteiger charge is 2.16. The Bertz CT molecular complexity index is 126. The molecule has 0 aromatic heterocycles. The van der Waals surface area contributed by atoms with Crippen molar-refractivity contribution < 1.29 is 4.74 Å². The van der Waals surface area contributed by atoms with Gasteiger partial charge in [0.25, 0.3) is 0 Å². The average Bonchev–Trinajstić information content (AvgIpc) is 2.04. The van der Waals surface area contributed by atoms with Crippen molar-refractivity contribution in [2.75, 3.05) is 6.61 Å². The molecule has 1 rings (SSSR count). The molecule has 2 nitrogen and oxygen atoms in total. The maximum absolute atomic E-state index is 5.59. The summed E-state index contributed by atoms with van der Waals surface area (Å²) in [6.07, 6.45) is 7.45. The molecule has 0 aliphatic carbocycles. The third-order valence-electron chi connectivity index (χ3n) is 2.13. The Hall–Kier alpha value is -0.500. The van der Waals surface area contributed by atoms with E-state index in [2.05, 4.69) is 6.92 Å². The normalized spacial score (nSPS) is 32.8. The van der Waals surface area contributed by atoms with Gasteiger partial charge in [0, 0.05) is 6.61 Å². The molecule has 0 spiro atoms. The van der Waals surface area contributed by atoms with E-state index in [1.807, 2.05) is 6.08 Å². The molecule has 64 valence electrons. The van der Waals surface area contributed by atoms with Crippen LogP contribution in [-0.2, 0) is 4.74 Å². The Balaban J connectivity index is 2.17. The fraction of sp³-hybridized carbons (Fsp3) is 0.778. The third kappa shape index (κ3) is 2.93. The maximum Gasteiger partial charge on any atom is 0.0610 e. The van der Waals surface area contributed by atoms with Crippen molar-refractivity contribution in [3.8, 4) is 0 Å². The number of nitrogens with two attached hydrogens (primary N) is 1. The Labute approximate surface area is 68.4 Å². The minimum absolute atomic E-state index is 0.422. The van der Waals surface area contributed by atoms with Gasteiger partial charge in [-0.3, -0.25) is 0 Å². The summed E-state index contributed by atoms with van der Waals surface area (Å²) in [5.74, 6) is 0.744. The van der Waals surface area contributed by atoms with E-state index in [4.69, 9.17) is 10.5 Å². The van der Waals surface area contributed by atoms with Crippen molar-refractivity contribution >= 4 is 0 Å². The van der Waals surface area contributed by atoms with Crippen LogP contribution in [0.15, 0.2) is 12.3 Å². The Morgan fingerprint density at radius 3 is 2.91 bits per heavy atom. The van der Waals surface area contributed by atoms with Gasteiger partial charge >= 0.3 is 0 Å². The van der Waals surface area contributed by atoms with Crippen LogP contribution >= 0.6 is 0 Å². The van der Waals surface area contributed by atoms with E-state index in [1.54, 1.807) is 6.20 Å². The molecule has 1 saturated heterocycles. The molecule has 0 amide bonds. The molecule has 2 unspecified atom stereocenters. The zero-order valence-electron chi connectivity index (χ0n) is 7.12. The van der Waals surface area contributed by atoms with Gasteiger partial charge in [-0.25, -0.2) is 0 Å². The molecule has 0 saturated carbocycles. The summed E-state index contributed by atoms with van der Waals surface area (Å²) in [6, 6.07) is 0. The lowest BCUT2D eigenvalue weighted by Crippen LogP contribution is -2.23. The van der Waals surface area contributed by atoms with Crippen molar-refractivity contribution in [1.29, 1.82) is 0 Å². The highest BCUT2D eigenvalue weighted by atomic mass is 16.5. The fourth-order valence-electron chi connectivity index (χ4n) is 1.35. The first-order valence-electron chi connectivity index (χ1n) is 4.31. The molecule has 0 radical (unpaired) electrons.